The van der Waals surface area contributed by atoms with Crippen molar-refractivity contribution in [2.45, 2.75) is 58.4 Å². The van der Waals surface area contributed by atoms with Gasteiger partial charge >= 0.3 is 5.97 Å². The molecule has 1 unspecified atom stereocenters. The molecule has 0 spiro atoms. The first-order chi connectivity index (χ1) is 9.18. The van der Waals surface area contributed by atoms with Gasteiger partial charge in [0.05, 0.1) is 18.8 Å². The van der Waals surface area contributed by atoms with E-state index in [9.17, 15) is 14.7 Å². The van der Waals surface area contributed by atoms with E-state index in [4.69, 9.17) is 15.6 Å². The van der Waals surface area contributed by atoms with Crippen LogP contribution >= 0.6 is 0 Å². The van der Waals surface area contributed by atoms with Gasteiger partial charge in [-0.15, -0.1) is 0 Å². The molecule has 0 bridgehead atoms. The van der Waals surface area contributed by atoms with E-state index in [1.165, 1.54) is 0 Å². The molecule has 20 heavy (non-hydrogen) atoms. The first-order valence-electron chi connectivity index (χ1n) is 6.74. The second-order valence-electron chi connectivity index (χ2n) is 5.46. The Hall–Kier alpha value is -1.18. The highest BCUT2D eigenvalue weighted by atomic mass is 16.6. The number of hydrogen-bond acceptors (Lipinski definition) is 6. The molecule has 7 nitrogen and oxygen atoms in total. The zero-order chi connectivity index (χ0) is 15.9. The van der Waals surface area contributed by atoms with Crippen LogP contribution in [0, 0.1) is 5.92 Å². The van der Waals surface area contributed by atoms with Crippen molar-refractivity contribution in [3.63, 3.8) is 0 Å². The fourth-order valence-electron chi connectivity index (χ4n) is 1.61. The maximum Gasteiger partial charge on any atom is 0.337 e. The average Bonchev–Trinajstić information content (AvgIpc) is 2.34. The second-order valence-corrected chi connectivity index (χ2v) is 5.46. The SMILES string of the molecule is CC(C)C[C@H](NC(=O)[C@@H](N)CO)C(O)C(=O)OC(C)C. The van der Waals surface area contributed by atoms with E-state index in [-0.39, 0.29) is 12.0 Å². The number of esters is 1. The van der Waals surface area contributed by atoms with E-state index in [1.807, 2.05) is 13.8 Å². The number of carbonyl (C=O) groups is 2. The number of ether oxygens (including phenoxy) is 1. The Bertz CT molecular complexity index is 320. The lowest BCUT2D eigenvalue weighted by atomic mass is 9.98. The number of nitrogens with two attached hydrogens (primary N) is 1. The van der Waals surface area contributed by atoms with Gasteiger partial charge in [0.1, 0.15) is 6.04 Å². The van der Waals surface area contributed by atoms with Crippen molar-refractivity contribution in [1.82, 2.24) is 5.32 Å². The van der Waals surface area contributed by atoms with Crippen LogP contribution in [-0.4, -0.2) is 53.0 Å². The summed E-state index contributed by atoms with van der Waals surface area (Å²) in [5.74, 6) is -1.26. The summed E-state index contributed by atoms with van der Waals surface area (Å²) in [4.78, 5) is 23.3. The highest BCUT2D eigenvalue weighted by molar-refractivity contribution is 5.83. The zero-order valence-corrected chi connectivity index (χ0v) is 12.5. The summed E-state index contributed by atoms with van der Waals surface area (Å²) in [5.41, 5.74) is 5.39. The summed E-state index contributed by atoms with van der Waals surface area (Å²) < 4.78 is 4.92. The summed E-state index contributed by atoms with van der Waals surface area (Å²) >= 11 is 0. The van der Waals surface area contributed by atoms with Gasteiger partial charge in [-0.2, -0.15) is 0 Å². The first-order valence-corrected chi connectivity index (χ1v) is 6.74. The lowest BCUT2D eigenvalue weighted by Crippen LogP contribution is -2.53. The Kier molecular flexibility index (Phi) is 8.36. The van der Waals surface area contributed by atoms with Gasteiger partial charge in [0, 0.05) is 0 Å². The molecule has 0 aliphatic heterocycles. The summed E-state index contributed by atoms with van der Waals surface area (Å²) in [5, 5.41) is 21.3. The zero-order valence-electron chi connectivity index (χ0n) is 12.5. The lowest BCUT2D eigenvalue weighted by Gasteiger charge is -2.26. The molecule has 0 aromatic rings. The molecule has 0 heterocycles. The monoisotopic (exact) mass is 290 g/mol. The van der Waals surface area contributed by atoms with Crippen LogP contribution in [-0.2, 0) is 14.3 Å². The molecule has 0 saturated heterocycles. The van der Waals surface area contributed by atoms with E-state index in [0.717, 1.165) is 0 Å². The van der Waals surface area contributed by atoms with E-state index in [0.29, 0.717) is 6.42 Å². The lowest BCUT2D eigenvalue weighted by molar-refractivity contribution is -0.159. The summed E-state index contributed by atoms with van der Waals surface area (Å²) in [7, 11) is 0. The van der Waals surface area contributed by atoms with Crippen molar-refractivity contribution in [3.05, 3.63) is 0 Å². The Morgan fingerprint density at radius 3 is 2.20 bits per heavy atom. The van der Waals surface area contributed by atoms with E-state index in [1.54, 1.807) is 13.8 Å². The summed E-state index contributed by atoms with van der Waals surface area (Å²) in [6.07, 6.45) is -1.43. The van der Waals surface area contributed by atoms with Crippen LogP contribution in [0.1, 0.15) is 34.1 Å². The quantitative estimate of drug-likeness (QED) is 0.432. The molecule has 118 valence electrons. The number of hydrogen-bond donors (Lipinski definition) is 4. The molecular formula is C13H26N2O5. The van der Waals surface area contributed by atoms with Gasteiger partial charge in [0.25, 0.3) is 0 Å². The average molecular weight is 290 g/mol. The number of amides is 1. The molecule has 0 aliphatic rings. The maximum atomic E-state index is 11.7. The number of aliphatic hydroxyl groups excluding tert-OH is 2. The van der Waals surface area contributed by atoms with Crippen molar-refractivity contribution in [1.29, 1.82) is 0 Å². The number of rotatable bonds is 8. The molecule has 1 amide bonds. The predicted octanol–water partition coefficient (Wildman–Crippen LogP) is -0.851. The fraction of sp³-hybridized carbons (Fsp3) is 0.846. The molecular weight excluding hydrogens is 264 g/mol. The van der Waals surface area contributed by atoms with Crippen LogP contribution < -0.4 is 11.1 Å². The van der Waals surface area contributed by atoms with Crippen LogP contribution in [0.5, 0.6) is 0 Å². The third kappa shape index (κ3) is 6.83. The highest BCUT2D eigenvalue weighted by Crippen LogP contribution is 2.11. The second kappa shape index (κ2) is 8.89. The Balaban J connectivity index is 4.78. The Labute approximate surface area is 119 Å². The van der Waals surface area contributed by atoms with Crippen molar-refractivity contribution in [2.75, 3.05) is 6.61 Å². The van der Waals surface area contributed by atoms with Gasteiger partial charge in [-0.3, -0.25) is 4.79 Å². The normalized spacial score (nSPS) is 15.8. The molecule has 0 fully saturated rings. The smallest absolute Gasteiger partial charge is 0.337 e. The van der Waals surface area contributed by atoms with Crippen LogP contribution in [0.3, 0.4) is 0 Å². The topological polar surface area (TPSA) is 122 Å². The van der Waals surface area contributed by atoms with E-state index >= 15 is 0 Å². The molecule has 0 aromatic heterocycles. The maximum absolute atomic E-state index is 11.7. The molecule has 0 aliphatic carbocycles. The minimum Gasteiger partial charge on any atom is -0.461 e. The predicted molar refractivity (Wildman–Crippen MR) is 73.7 cm³/mol. The molecule has 7 heteroatoms. The summed E-state index contributed by atoms with van der Waals surface area (Å²) in [6.45, 7) is 6.62. The fourth-order valence-corrected chi connectivity index (χ4v) is 1.61. The van der Waals surface area contributed by atoms with Gasteiger partial charge in [0.15, 0.2) is 6.10 Å². The minimum absolute atomic E-state index is 0.146. The molecule has 5 N–H and O–H groups in total. The van der Waals surface area contributed by atoms with Crippen molar-refractivity contribution < 1.29 is 24.5 Å². The van der Waals surface area contributed by atoms with Crippen LogP contribution in [0.25, 0.3) is 0 Å². The van der Waals surface area contributed by atoms with Crippen LogP contribution in [0.2, 0.25) is 0 Å². The third-order valence-corrected chi connectivity index (χ3v) is 2.56. The highest BCUT2D eigenvalue weighted by Gasteiger charge is 2.31. The third-order valence-electron chi connectivity index (χ3n) is 2.56. The van der Waals surface area contributed by atoms with E-state index in [2.05, 4.69) is 5.32 Å². The summed E-state index contributed by atoms with van der Waals surface area (Å²) in [6, 6.07) is -1.88. The van der Waals surface area contributed by atoms with Crippen LogP contribution in [0.15, 0.2) is 0 Å². The van der Waals surface area contributed by atoms with Crippen molar-refractivity contribution in [2.24, 2.45) is 11.7 Å². The largest absolute Gasteiger partial charge is 0.461 e. The number of aliphatic hydroxyl groups is 2. The number of carbonyl (C=O) groups excluding carboxylic acids is 2. The standard InChI is InChI=1S/C13H26N2O5/c1-7(2)5-10(15-12(18)9(14)6-16)11(17)13(19)20-8(3)4/h7-11,16-17H,5-6,14H2,1-4H3,(H,15,18)/t9-,10-,11?/m0/s1. The van der Waals surface area contributed by atoms with Gasteiger partial charge < -0.3 is 26.0 Å². The van der Waals surface area contributed by atoms with Gasteiger partial charge in [-0.25, -0.2) is 4.79 Å². The molecule has 3 atom stereocenters. The van der Waals surface area contributed by atoms with Crippen molar-refractivity contribution >= 4 is 11.9 Å². The molecule has 0 radical (unpaired) electrons. The number of nitrogens with one attached hydrogen (secondary N) is 1. The van der Waals surface area contributed by atoms with Crippen LogP contribution in [0.4, 0.5) is 0 Å². The molecule has 0 saturated carbocycles. The molecule has 0 rings (SSSR count). The van der Waals surface area contributed by atoms with E-state index < -0.39 is 36.7 Å². The van der Waals surface area contributed by atoms with Gasteiger partial charge in [-0.1, -0.05) is 13.8 Å². The molecule has 0 aromatic carbocycles. The van der Waals surface area contributed by atoms with Gasteiger partial charge in [-0.05, 0) is 26.2 Å². The Morgan fingerprint density at radius 2 is 1.80 bits per heavy atom. The first kappa shape index (κ1) is 18.8. The van der Waals surface area contributed by atoms with Gasteiger partial charge in [0.2, 0.25) is 5.91 Å². The minimum atomic E-state index is -1.46. The van der Waals surface area contributed by atoms with Crippen molar-refractivity contribution in [3.8, 4) is 0 Å². The Morgan fingerprint density at radius 1 is 1.25 bits per heavy atom.